The molecule has 0 amide bonds. The third-order valence-corrected chi connectivity index (χ3v) is 5.07. The number of benzene rings is 2. The number of ether oxygens (including phenoxy) is 1. The zero-order valence-electron chi connectivity index (χ0n) is 12.2. The molecule has 1 heterocycles. The number of hydrogen-bond acceptors (Lipinski definition) is 4. The van der Waals surface area contributed by atoms with Gasteiger partial charge in [-0.3, -0.25) is 9.71 Å². The Morgan fingerprint density at radius 2 is 1.87 bits per heavy atom. The number of pyridine rings is 1. The number of methoxy groups -OCH3 is 1. The van der Waals surface area contributed by atoms with E-state index in [1.807, 2.05) is 0 Å². The first-order valence-electron chi connectivity index (χ1n) is 6.72. The van der Waals surface area contributed by atoms with E-state index < -0.39 is 10.0 Å². The van der Waals surface area contributed by atoms with E-state index >= 15 is 0 Å². The number of halogens is 1. The SMILES string of the molecule is COc1ccc(S(=O)(=O)Nc2ccccc2Cl)c2cccnc12. The molecular weight excluding hydrogens is 336 g/mol. The van der Waals surface area contributed by atoms with Gasteiger partial charge in [0.05, 0.1) is 22.7 Å². The minimum Gasteiger partial charge on any atom is -0.494 e. The summed E-state index contributed by atoms with van der Waals surface area (Å²) < 4.78 is 33.2. The highest BCUT2D eigenvalue weighted by atomic mass is 35.5. The number of hydrogen-bond donors (Lipinski definition) is 1. The number of sulfonamides is 1. The highest BCUT2D eigenvalue weighted by molar-refractivity contribution is 7.93. The van der Waals surface area contributed by atoms with Gasteiger partial charge in [-0.05, 0) is 36.4 Å². The molecule has 0 spiro atoms. The van der Waals surface area contributed by atoms with Crippen LogP contribution in [-0.2, 0) is 10.0 Å². The van der Waals surface area contributed by atoms with Crippen molar-refractivity contribution in [3.63, 3.8) is 0 Å². The van der Waals surface area contributed by atoms with E-state index in [2.05, 4.69) is 9.71 Å². The quantitative estimate of drug-likeness (QED) is 0.780. The molecule has 0 fully saturated rings. The maximum Gasteiger partial charge on any atom is 0.262 e. The van der Waals surface area contributed by atoms with E-state index in [0.717, 1.165) is 0 Å². The molecule has 0 unspecified atom stereocenters. The van der Waals surface area contributed by atoms with Gasteiger partial charge in [0.25, 0.3) is 10.0 Å². The lowest BCUT2D eigenvalue weighted by molar-refractivity contribution is 0.418. The topological polar surface area (TPSA) is 68.3 Å². The van der Waals surface area contributed by atoms with Crippen LogP contribution in [0.3, 0.4) is 0 Å². The van der Waals surface area contributed by atoms with Gasteiger partial charge in [-0.25, -0.2) is 8.42 Å². The van der Waals surface area contributed by atoms with Crippen LogP contribution in [0, 0.1) is 0 Å². The summed E-state index contributed by atoms with van der Waals surface area (Å²) in [4.78, 5) is 4.32. The van der Waals surface area contributed by atoms with Crippen molar-refractivity contribution in [2.75, 3.05) is 11.8 Å². The predicted octanol–water partition coefficient (Wildman–Crippen LogP) is 3.70. The average molecular weight is 349 g/mol. The molecule has 0 aliphatic carbocycles. The molecule has 0 bridgehead atoms. The lowest BCUT2D eigenvalue weighted by atomic mass is 10.2. The molecule has 1 N–H and O–H groups in total. The van der Waals surface area contributed by atoms with Crippen molar-refractivity contribution in [1.82, 2.24) is 4.98 Å². The number of anilines is 1. The van der Waals surface area contributed by atoms with Gasteiger partial charge in [0.2, 0.25) is 0 Å². The minimum absolute atomic E-state index is 0.112. The molecule has 23 heavy (non-hydrogen) atoms. The van der Waals surface area contributed by atoms with Crippen molar-refractivity contribution in [3.05, 3.63) is 59.8 Å². The van der Waals surface area contributed by atoms with Crippen LogP contribution in [0.4, 0.5) is 5.69 Å². The fraction of sp³-hybridized carbons (Fsp3) is 0.0625. The summed E-state index contributed by atoms with van der Waals surface area (Å²) >= 11 is 6.02. The van der Waals surface area contributed by atoms with E-state index in [-0.39, 0.29) is 4.90 Å². The monoisotopic (exact) mass is 348 g/mol. The first kappa shape index (κ1) is 15.6. The van der Waals surface area contributed by atoms with Crippen molar-refractivity contribution < 1.29 is 13.2 Å². The van der Waals surface area contributed by atoms with Crippen LogP contribution >= 0.6 is 11.6 Å². The molecule has 0 radical (unpaired) electrons. The Kier molecular flexibility index (Phi) is 4.11. The average Bonchev–Trinajstić information content (AvgIpc) is 2.55. The van der Waals surface area contributed by atoms with E-state index in [0.29, 0.717) is 27.4 Å². The van der Waals surface area contributed by atoms with Gasteiger partial charge in [-0.15, -0.1) is 0 Å². The zero-order valence-corrected chi connectivity index (χ0v) is 13.7. The summed E-state index contributed by atoms with van der Waals surface area (Å²) in [6.45, 7) is 0. The molecular formula is C16H13ClN2O3S. The first-order chi connectivity index (χ1) is 11.0. The molecule has 5 nitrogen and oxygen atoms in total. The fourth-order valence-corrected chi connectivity index (χ4v) is 3.78. The molecule has 1 aromatic heterocycles. The van der Waals surface area contributed by atoms with Crippen LogP contribution in [0.25, 0.3) is 10.9 Å². The third kappa shape index (κ3) is 2.95. The van der Waals surface area contributed by atoms with Crippen LogP contribution in [0.5, 0.6) is 5.75 Å². The van der Waals surface area contributed by atoms with Gasteiger partial charge in [0.15, 0.2) is 0 Å². The second kappa shape index (κ2) is 6.06. The van der Waals surface area contributed by atoms with Crippen LogP contribution in [-0.4, -0.2) is 20.5 Å². The molecule has 0 atom stereocenters. The standard InChI is InChI=1S/C16H13ClN2O3S/c1-22-14-8-9-15(11-5-4-10-18-16(11)14)23(20,21)19-13-7-3-2-6-12(13)17/h2-10,19H,1H3. The Hall–Kier alpha value is -2.31. The van der Waals surface area contributed by atoms with Crippen molar-refractivity contribution in [2.24, 2.45) is 0 Å². The van der Waals surface area contributed by atoms with E-state index in [9.17, 15) is 8.42 Å². The molecule has 0 saturated heterocycles. The maximum absolute atomic E-state index is 12.7. The molecule has 0 saturated carbocycles. The van der Waals surface area contributed by atoms with Gasteiger partial charge in [0, 0.05) is 11.6 Å². The number of para-hydroxylation sites is 1. The second-order valence-corrected chi connectivity index (χ2v) is 6.81. The molecule has 118 valence electrons. The first-order valence-corrected chi connectivity index (χ1v) is 8.58. The summed E-state index contributed by atoms with van der Waals surface area (Å²) in [7, 11) is -2.30. The Balaban J connectivity index is 2.14. The summed E-state index contributed by atoms with van der Waals surface area (Å²) in [5.41, 5.74) is 0.805. The number of rotatable bonds is 4. The van der Waals surface area contributed by atoms with Crippen LogP contribution in [0.1, 0.15) is 0 Å². The smallest absolute Gasteiger partial charge is 0.262 e. The summed E-state index contributed by atoms with van der Waals surface area (Å²) in [6.07, 6.45) is 1.59. The Morgan fingerprint density at radius 3 is 2.61 bits per heavy atom. The van der Waals surface area contributed by atoms with E-state index in [1.165, 1.54) is 13.2 Å². The highest BCUT2D eigenvalue weighted by Crippen LogP contribution is 2.31. The minimum atomic E-state index is -3.82. The molecule has 0 aliphatic heterocycles. The highest BCUT2D eigenvalue weighted by Gasteiger charge is 2.20. The zero-order chi connectivity index (χ0) is 16.4. The van der Waals surface area contributed by atoms with Crippen molar-refractivity contribution in [3.8, 4) is 5.75 Å². The van der Waals surface area contributed by atoms with Crippen LogP contribution in [0.2, 0.25) is 5.02 Å². The van der Waals surface area contributed by atoms with Gasteiger partial charge < -0.3 is 4.74 Å². The van der Waals surface area contributed by atoms with Gasteiger partial charge in [0.1, 0.15) is 11.3 Å². The number of aromatic nitrogens is 1. The largest absolute Gasteiger partial charge is 0.494 e. The second-order valence-electron chi connectivity index (χ2n) is 4.75. The Labute approximate surface area is 138 Å². The summed E-state index contributed by atoms with van der Waals surface area (Å²) in [6, 6.07) is 13.1. The van der Waals surface area contributed by atoms with E-state index in [1.54, 1.807) is 48.7 Å². The third-order valence-electron chi connectivity index (χ3n) is 3.32. The number of nitrogens with one attached hydrogen (secondary N) is 1. The Bertz CT molecular complexity index is 974. The molecule has 0 aliphatic rings. The van der Waals surface area contributed by atoms with Crippen molar-refractivity contribution in [2.45, 2.75) is 4.90 Å². The van der Waals surface area contributed by atoms with Gasteiger partial charge in [-0.1, -0.05) is 23.7 Å². The lowest BCUT2D eigenvalue weighted by Gasteiger charge is -2.12. The summed E-state index contributed by atoms with van der Waals surface area (Å²) in [5, 5.41) is 0.804. The van der Waals surface area contributed by atoms with Crippen molar-refractivity contribution in [1.29, 1.82) is 0 Å². The maximum atomic E-state index is 12.7. The number of fused-ring (bicyclic) bond motifs is 1. The number of nitrogens with zero attached hydrogens (tertiary/aromatic N) is 1. The molecule has 3 aromatic rings. The molecule has 3 rings (SSSR count). The van der Waals surface area contributed by atoms with Crippen molar-refractivity contribution >= 4 is 38.2 Å². The summed E-state index contributed by atoms with van der Waals surface area (Å²) in [5.74, 6) is 0.511. The normalized spacial score (nSPS) is 11.4. The van der Waals surface area contributed by atoms with Crippen LogP contribution < -0.4 is 9.46 Å². The molecule has 2 aromatic carbocycles. The Morgan fingerprint density at radius 1 is 1.09 bits per heavy atom. The predicted molar refractivity (Wildman–Crippen MR) is 90.6 cm³/mol. The lowest BCUT2D eigenvalue weighted by Crippen LogP contribution is -2.14. The van der Waals surface area contributed by atoms with E-state index in [4.69, 9.17) is 16.3 Å². The molecule has 7 heteroatoms. The van der Waals surface area contributed by atoms with Crippen LogP contribution in [0.15, 0.2) is 59.6 Å². The fourth-order valence-electron chi connectivity index (χ4n) is 2.26. The van der Waals surface area contributed by atoms with Gasteiger partial charge in [-0.2, -0.15) is 0 Å². The van der Waals surface area contributed by atoms with Gasteiger partial charge >= 0.3 is 0 Å².